The fraction of sp³-hybridized carbons (Fsp3) is 0.400. The van der Waals surface area contributed by atoms with Crippen molar-refractivity contribution in [1.82, 2.24) is 19.4 Å². The number of benzene rings is 1. The van der Waals surface area contributed by atoms with Crippen molar-refractivity contribution in [3.63, 3.8) is 0 Å². The minimum atomic E-state index is -0.557. The molecule has 2 aliphatic rings. The van der Waals surface area contributed by atoms with Crippen LogP contribution < -0.4 is 10.3 Å². The first-order valence-corrected chi connectivity index (χ1v) is 11.7. The molecule has 2 fully saturated rings. The van der Waals surface area contributed by atoms with Gasteiger partial charge in [-0.05, 0) is 55.9 Å². The Hall–Kier alpha value is -3.62. The van der Waals surface area contributed by atoms with E-state index in [4.69, 9.17) is 4.74 Å². The van der Waals surface area contributed by atoms with Crippen molar-refractivity contribution in [3.8, 4) is 5.75 Å². The molecule has 2 amide bonds. The van der Waals surface area contributed by atoms with Gasteiger partial charge in [-0.2, -0.15) is 0 Å². The number of nitrogens with one attached hydrogen (secondary N) is 1. The second-order valence-corrected chi connectivity index (χ2v) is 9.03. The van der Waals surface area contributed by atoms with Crippen molar-refractivity contribution in [3.05, 3.63) is 64.0 Å². The average molecular weight is 467 g/mol. The van der Waals surface area contributed by atoms with Crippen molar-refractivity contribution in [2.24, 2.45) is 7.05 Å². The standard InChI is InChI=1S/C25H27FN4O4/c1-28-13-10-20(34-25(33)29-11-3-2-4-12-29)22(23(28)31)24(32)30(17-8-9-17)15-16-14-27-19-7-5-6-18(26)21(16)19/h5-7,10,13-14,17,27H,2-4,8-9,11-12,15H2,1H3. The van der Waals surface area contributed by atoms with E-state index in [1.165, 1.54) is 22.9 Å². The van der Waals surface area contributed by atoms with Crippen molar-refractivity contribution >= 4 is 22.9 Å². The molecule has 1 saturated carbocycles. The van der Waals surface area contributed by atoms with Crippen LogP contribution in [0.15, 0.2) is 41.5 Å². The number of halogens is 1. The fourth-order valence-corrected chi connectivity index (χ4v) is 4.54. The van der Waals surface area contributed by atoms with Gasteiger partial charge in [0.05, 0.1) is 0 Å². The van der Waals surface area contributed by atoms with Gasteiger partial charge in [0, 0.05) is 56.0 Å². The van der Waals surface area contributed by atoms with Gasteiger partial charge < -0.3 is 24.1 Å². The lowest BCUT2D eigenvalue weighted by molar-refractivity contribution is 0.0724. The highest BCUT2D eigenvalue weighted by Gasteiger charge is 2.36. The van der Waals surface area contributed by atoms with Crippen LogP contribution in [0.4, 0.5) is 9.18 Å². The van der Waals surface area contributed by atoms with Crippen molar-refractivity contribution in [1.29, 1.82) is 0 Å². The predicted octanol–water partition coefficient (Wildman–Crippen LogP) is 3.80. The van der Waals surface area contributed by atoms with Gasteiger partial charge in [0.25, 0.3) is 11.5 Å². The molecule has 0 unspecified atom stereocenters. The molecule has 0 spiro atoms. The molecular weight excluding hydrogens is 439 g/mol. The molecule has 1 saturated heterocycles. The molecule has 8 nitrogen and oxygen atoms in total. The molecule has 0 radical (unpaired) electrons. The first-order valence-electron chi connectivity index (χ1n) is 11.7. The van der Waals surface area contributed by atoms with Crippen LogP contribution in [0.25, 0.3) is 10.9 Å². The summed E-state index contributed by atoms with van der Waals surface area (Å²) in [5.41, 5.74) is 0.560. The largest absolute Gasteiger partial charge is 0.415 e. The number of hydrogen-bond donors (Lipinski definition) is 1. The summed E-state index contributed by atoms with van der Waals surface area (Å²) in [5.74, 6) is -0.931. The number of amides is 2. The Morgan fingerprint density at radius 3 is 2.68 bits per heavy atom. The normalized spacial score (nSPS) is 16.0. The quantitative estimate of drug-likeness (QED) is 0.620. The van der Waals surface area contributed by atoms with Gasteiger partial charge in [-0.3, -0.25) is 9.59 Å². The zero-order chi connectivity index (χ0) is 23.8. The number of aromatic nitrogens is 2. The topological polar surface area (TPSA) is 87.6 Å². The third-order valence-electron chi connectivity index (χ3n) is 6.58. The Morgan fingerprint density at radius 2 is 1.94 bits per heavy atom. The number of H-pyrrole nitrogens is 1. The Bertz CT molecular complexity index is 1300. The SMILES string of the molecule is Cn1ccc(OC(=O)N2CCCCC2)c(C(=O)N(Cc2c[nH]c3cccc(F)c23)C2CC2)c1=O. The molecule has 1 aliphatic carbocycles. The zero-order valence-corrected chi connectivity index (χ0v) is 19.1. The van der Waals surface area contributed by atoms with Crippen LogP contribution in [0.3, 0.4) is 0 Å². The van der Waals surface area contributed by atoms with Crippen LogP contribution in [-0.4, -0.2) is 50.5 Å². The van der Waals surface area contributed by atoms with Crippen LogP contribution in [0.2, 0.25) is 0 Å². The van der Waals surface area contributed by atoms with E-state index in [2.05, 4.69) is 4.98 Å². The Kier molecular flexibility index (Phi) is 5.85. The first-order chi connectivity index (χ1) is 16.4. The number of rotatable bonds is 5. The number of ether oxygens (including phenoxy) is 1. The Morgan fingerprint density at radius 1 is 1.18 bits per heavy atom. The van der Waals surface area contributed by atoms with E-state index in [0.29, 0.717) is 29.6 Å². The van der Waals surface area contributed by atoms with E-state index < -0.39 is 17.6 Å². The van der Waals surface area contributed by atoms with Crippen LogP contribution in [0.5, 0.6) is 5.75 Å². The smallest absolute Gasteiger partial charge is 0.409 e. The summed E-state index contributed by atoms with van der Waals surface area (Å²) in [4.78, 5) is 45.7. The number of fused-ring (bicyclic) bond motifs is 1. The highest BCUT2D eigenvalue weighted by atomic mass is 19.1. The number of piperidine rings is 1. The maximum atomic E-state index is 14.5. The first kappa shape index (κ1) is 22.2. The van der Waals surface area contributed by atoms with Gasteiger partial charge >= 0.3 is 6.09 Å². The molecule has 1 aromatic carbocycles. The van der Waals surface area contributed by atoms with E-state index in [1.54, 1.807) is 35.2 Å². The van der Waals surface area contributed by atoms with Crippen LogP contribution in [-0.2, 0) is 13.6 Å². The molecule has 2 aromatic heterocycles. The molecule has 9 heteroatoms. The maximum absolute atomic E-state index is 14.5. The molecule has 3 heterocycles. The van der Waals surface area contributed by atoms with Gasteiger partial charge in [0.15, 0.2) is 5.75 Å². The summed E-state index contributed by atoms with van der Waals surface area (Å²) >= 11 is 0. The van der Waals surface area contributed by atoms with E-state index >= 15 is 0 Å². The van der Waals surface area contributed by atoms with Gasteiger partial charge in [-0.25, -0.2) is 9.18 Å². The minimum Gasteiger partial charge on any atom is -0.409 e. The Labute approximate surface area is 195 Å². The Balaban J connectivity index is 1.47. The number of aryl methyl sites for hydroxylation is 1. The van der Waals surface area contributed by atoms with E-state index in [9.17, 15) is 18.8 Å². The van der Waals surface area contributed by atoms with Crippen molar-refractivity contribution in [2.75, 3.05) is 13.1 Å². The summed E-state index contributed by atoms with van der Waals surface area (Å²) in [6, 6.07) is 6.20. The maximum Gasteiger partial charge on any atom is 0.415 e. The molecule has 1 aliphatic heterocycles. The number of carbonyl (C=O) groups excluding carboxylic acids is 2. The molecule has 178 valence electrons. The molecule has 1 N–H and O–H groups in total. The highest BCUT2D eigenvalue weighted by molar-refractivity contribution is 5.98. The number of nitrogens with zero attached hydrogens (tertiary/aromatic N) is 3. The van der Waals surface area contributed by atoms with Crippen LogP contribution in [0.1, 0.15) is 48.0 Å². The fourth-order valence-electron chi connectivity index (χ4n) is 4.54. The second kappa shape index (κ2) is 8.96. The number of hydrogen-bond acceptors (Lipinski definition) is 4. The minimum absolute atomic E-state index is 0.0422. The van der Waals surface area contributed by atoms with E-state index in [-0.39, 0.29) is 29.7 Å². The number of aromatic amines is 1. The van der Waals surface area contributed by atoms with Gasteiger partial charge in [-0.15, -0.1) is 0 Å². The summed E-state index contributed by atoms with van der Waals surface area (Å²) in [6.45, 7) is 1.32. The van der Waals surface area contributed by atoms with Crippen molar-refractivity contribution in [2.45, 2.75) is 44.7 Å². The lowest BCUT2D eigenvalue weighted by Crippen LogP contribution is -2.40. The molecule has 5 rings (SSSR count). The predicted molar refractivity (Wildman–Crippen MR) is 124 cm³/mol. The number of carbonyl (C=O) groups is 2. The third-order valence-corrected chi connectivity index (χ3v) is 6.58. The monoisotopic (exact) mass is 466 g/mol. The average Bonchev–Trinajstić information content (AvgIpc) is 3.60. The summed E-state index contributed by atoms with van der Waals surface area (Å²) in [5, 5.41) is 0.429. The summed E-state index contributed by atoms with van der Waals surface area (Å²) in [6.07, 6.45) is 7.07. The molecular formula is C25H27FN4O4. The summed E-state index contributed by atoms with van der Waals surface area (Å²) < 4.78 is 21.4. The van der Waals surface area contributed by atoms with E-state index in [1.807, 2.05) is 0 Å². The zero-order valence-electron chi connectivity index (χ0n) is 19.1. The van der Waals surface area contributed by atoms with Crippen LogP contribution in [0, 0.1) is 5.82 Å². The lowest BCUT2D eigenvalue weighted by Gasteiger charge is -2.27. The van der Waals surface area contributed by atoms with Gasteiger partial charge in [0.1, 0.15) is 11.4 Å². The van der Waals surface area contributed by atoms with Gasteiger partial charge in [-0.1, -0.05) is 6.07 Å². The van der Waals surface area contributed by atoms with Crippen molar-refractivity contribution < 1.29 is 18.7 Å². The molecule has 34 heavy (non-hydrogen) atoms. The van der Waals surface area contributed by atoms with Gasteiger partial charge in [0.2, 0.25) is 0 Å². The second-order valence-electron chi connectivity index (χ2n) is 9.03. The van der Waals surface area contributed by atoms with Crippen LogP contribution >= 0.6 is 0 Å². The lowest BCUT2D eigenvalue weighted by atomic mass is 10.1. The molecule has 3 aromatic rings. The highest BCUT2D eigenvalue weighted by Crippen LogP contribution is 2.33. The number of pyridine rings is 1. The molecule has 0 atom stereocenters. The molecule has 0 bridgehead atoms. The number of likely N-dealkylation sites (tertiary alicyclic amines) is 1. The third kappa shape index (κ3) is 4.18. The summed E-state index contributed by atoms with van der Waals surface area (Å²) in [7, 11) is 1.55. The van der Waals surface area contributed by atoms with E-state index in [0.717, 1.165) is 32.1 Å².